The van der Waals surface area contributed by atoms with E-state index in [1.807, 2.05) is 0 Å². The second-order valence-corrected chi connectivity index (χ2v) is 34.4. The third-order valence-corrected chi connectivity index (χ3v) is 26.4. The summed E-state index contributed by atoms with van der Waals surface area (Å²) in [4.78, 5) is 49.3. The maximum Gasteiger partial charge on any atom is 0.309 e. The molecule has 12 aliphatic carbocycles. The van der Waals surface area contributed by atoms with Crippen LogP contribution in [-0.2, 0) is 38.1 Å². The van der Waals surface area contributed by atoms with Gasteiger partial charge < -0.3 is 44.6 Å². The van der Waals surface area contributed by atoms with Crippen LogP contribution in [0.15, 0.2) is 0 Å². The summed E-state index contributed by atoms with van der Waals surface area (Å²) < 4.78 is 22.9. The molecule has 0 aromatic heterocycles. The van der Waals surface area contributed by atoms with Crippen LogP contribution in [0.5, 0.6) is 0 Å². The smallest absolute Gasteiger partial charge is 0.309 e. The standard InChI is InChI=1S/2C23H37.2C21H33O4.4Rf.6H2/c2*1-19-7-9-21(10-8-19)13-14-23-17-15-22(16-18-23)12-11-20-5-3-2-4-6-20;1-15-7-13-19(14-8-15)25-21(23)17-11-9-16(10-12-17)20(22)24-18-5-3-2-4-6-18;1-15-7-9-17(10-8-15)21(23)25-19-13-11-18(12-14-19)24-20(22)16-5-3-2-4-6-16;;;;;;;;;;/h2,19-23H,3-10,13-18H2,1H3;2,19-23H,3-12,15-18H2,1H3;2*2,15-19H,3-14H2,1H3;;;;;6*1H/q4*-1;;;;;;;;;;. The maximum atomic E-state index is 12.4. The molecule has 0 bridgehead atoms. The molecule has 0 aromatic rings. The van der Waals surface area contributed by atoms with E-state index in [0.717, 1.165) is 219 Å². The van der Waals surface area contributed by atoms with Crippen LogP contribution in [0.2, 0.25) is 0 Å². The number of ether oxygens (including phenoxy) is 4. The molecule has 12 heteroatoms. The molecule has 564 valence electrons. The van der Waals surface area contributed by atoms with Crippen molar-refractivity contribution in [3.8, 4) is 23.7 Å². The van der Waals surface area contributed by atoms with Gasteiger partial charge in [0.25, 0.3) is 0 Å². The van der Waals surface area contributed by atoms with Crippen molar-refractivity contribution in [3.05, 3.63) is 25.7 Å². The Kier molecular flexibility index (Phi) is 38.3. The fourth-order valence-electron chi connectivity index (χ4n) is 18.9. The molecule has 8 nitrogen and oxygen atoms in total. The molecule has 0 saturated heterocycles. The van der Waals surface area contributed by atoms with Gasteiger partial charge in [0.1, 0.15) is 18.3 Å². The van der Waals surface area contributed by atoms with Crippen LogP contribution in [0.1, 0.15) is 370 Å². The van der Waals surface area contributed by atoms with Crippen LogP contribution in [-0.4, -0.2) is 48.3 Å². The Morgan fingerprint density at radius 1 is 0.250 bits per heavy atom. The monoisotopic (exact) mass is 2410 g/mol. The van der Waals surface area contributed by atoms with Gasteiger partial charge in [-0.05, 0) is 240 Å². The molecular formula is C88H152O8Rf4-4. The van der Waals surface area contributed by atoms with Gasteiger partial charge in [0.15, 0.2) is 0 Å². The van der Waals surface area contributed by atoms with Crippen molar-refractivity contribution in [1.82, 2.24) is 0 Å². The predicted molar refractivity (Wildman–Crippen MR) is 404 cm³/mol. The molecule has 12 rings (SSSR count). The maximum absolute atomic E-state index is 12.4. The summed E-state index contributed by atoms with van der Waals surface area (Å²) in [5, 5.41) is 0. The zero-order valence-electron chi connectivity index (χ0n) is 64.7. The Balaban J connectivity index is 0. The topological polar surface area (TPSA) is 105 Å². The van der Waals surface area contributed by atoms with E-state index >= 15 is 0 Å². The van der Waals surface area contributed by atoms with Crippen molar-refractivity contribution in [2.75, 3.05) is 0 Å². The van der Waals surface area contributed by atoms with Gasteiger partial charge in [-0.3, -0.25) is 19.2 Å². The minimum Gasteiger partial charge on any atom is -0.462 e. The van der Waals surface area contributed by atoms with E-state index in [2.05, 4.69) is 77.1 Å². The Hall–Kier alpha value is -7.00. The van der Waals surface area contributed by atoms with Crippen LogP contribution >= 0.6 is 0 Å². The van der Waals surface area contributed by atoms with Crippen molar-refractivity contribution in [2.24, 2.45) is 94.7 Å². The zero-order chi connectivity index (χ0) is 67.1. The van der Waals surface area contributed by atoms with E-state index in [1.54, 1.807) is 0 Å². The summed E-state index contributed by atoms with van der Waals surface area (Å²) in [6.45, 7) is 9.36. The number of carbonyl (C=O) groups is 4. The minimum atomic E-state index is -0.0417. The number of carbonyl (C=O) groups excluding carboxylic acids is 4. The van der Waals surface area contributed by atoms with Gasteiger partial charge in [-0.2, -0.15) is 51.4 Å². The zero-order valence-corrected chi connectivity index (χ0v) is 90.3. The van der Waals surface area contributed by atoms with Crippen molar-refractivity contribution < 1.29 is 46.7 Å². The molecule has 0 aromatic carbocycles. The SMILES string of the molecule is CC1CCC(C#CC2CCC(CCC3CC[CH-]CC3)CC2)CC1.CC1CCC(C(=O)OC2CCC(OC(=O)C3CC[CH-]CC3)CC2)CC1.CC1CCC(CCC2CCC(C#CC3CC[CH-]CC3)CC2)CC1.CC1CCC(OC(=O)C2CCC(C(=O)OC3CC[CH-]CC3)CC2)CC1.[HH].[HH].[HH].[HH].[HH].[HH].[Rf].[Rf].[Rf].[Rf]. The molecule has 12 saturated carbocycles. The van der Waals surface area contributed by atoms with Crippen molar-refractivity contribution in [2.45, 2.75) is 386 Å². The number of esters is 4. The van der Waals surface area contributed by atoms with Gasteiger partial charge in [-0.1, -0.05) is 141 Å². The van der Waals surface area contributed by atoms with E-state index in [4.69, 9.17) is 18.9 Å². The third kappa shape index (κ3) is 29.9. The van der Waals surface area contributed by atoms with Gasteiger partial charge in [0.2, 0.25) is 0 Å². The first-order valence-corrected chi connectivity index (χ1v) is 41.9. The number of rotatable bonds is 14. The first kappa shape index (κ1) is 83.7. The van der Waals surface area contributed by atoms with E-state index in [-0.39, 0.29) is 80.5 Å². The van der Waals surface area contributed by atoms with Gasteiger partial charge >= 0.3 is 23.9 Å². The molecule has 12 fully saturated rings. The minimum absolute atomic E-state index is 0. The van der Waals surface area contributed by atoms with Crippen molar-refractivity contribution >= 4 is 23.9 Å². The van der Waals surface area contributed by atoms with Crippen LogP contribution in [0.3, 0.4) is 0 Å². The predicted octanol–water partition coefficient (Wildman–Crippen LogP) is 24.3. The summed E-state index contributed by atoms with van der Waals surface area (Å²) in [7, 11) is 0. The quantitative estimate of drug-likeness (QED) is 0.0733. The summed E-state index contributed by atoms with van der Waals surface area (Å²) in [6, 6.07) is 0. The summed E-state index contributed by atoms with van der Waals surface area (Å²) in [5.41, 5.74) is 0. The molecule has 0 N–H and O–H groups in total. The average molecular weight is 2410 g/mol. The number of hydrogen-bond acceptors (Lipinski definition) is 8. The van der Waals surface area contributed by atoms with Crippen molar-refractivity contribution in [3.63, 3.8) is 0 Å². The van der Waals surface area contributed by atoms with Gasteiger partial charge in [-0.25, -0.2) is 0 Å². The molecule has 0 aliphatic heterocycles. The summed E-state index contributed by atoms with van der Waals surface area (Å²) in [6.07, 6.45) is 72.6. The number of hydrogen-bond donors (Lipinski definition) is 0. The van der Waals surface area contributed by atoms with Gasteiger partial charge in [0, 0.05) is 32.2 Å². The molecule has 100 heavy (non-hydrogen) atoms. The normalized spacial score (nSPS) is 33.8. The molecule has 12 aliphatic rings. The Morgan fingerprint density at radius 3 is 0.790 bits per heavy atom. The van der Waals surface area contributed by atoms with E-state index in [9.17, 15) is 19.2 Å². The van der Waals surface area contributed by atoms with E-state index in [0.29, 0.717) is 5.92 Å². The molecule has 0 unspecified atom stereocenters. The molecule has 0 amide bonds. The fourth-order valence-corrected chi connectivity index (χ4v) is 18.9. The van der Waals surface area contributed by atoms with Crippen LogP contribution in [0.25, 0.3) is 0 Å². The summed E-state index contributed by atoms with van der Waals surface area (Å²) in [5.74, 6) is 25.2. The molecule has 0 spiro atoms. The second-order valence-electron chi connectivity index (χ2n) is 34.4. The largest absolute Gasteiger partial charge is 0.462 e. The van der Waals surface area contributed by atoms with E-state index < -0.39 is 0 Å². The molecule has 0 radical (unpaired) electrons. The third-order valence-electron chi connectivity index (χ3n) is 26.4. The van der Waals surface area contributed by atoms with Crippen LogP contribution in [0.4, 0.5) is 0 Å². The van der Waals surface area contributed by atoms with Gasteiger partial charge in [0.05, 0.1) is 29.8 Å². The fraction of sp³-hybridized carbons (Fsp3) is 0.864. The molecular weight excluding hydrogens is 2250 g/mol. The van der Waals surface area contributed by atoms with Crippen LogP contribution in [0, 0.1) is 144 Å². The van der Waals surface area contributed by atoms with E-state index in [1.165, 1.54) is 180 Å². The second kappa shape index (κ2) is 45.8. The molecule has 0 heterocycles. The Bertz CT molecular complexity index is 2340. The molecule has 0 atom stereocenters. The Labute approximate surface area is 597 Å². The van der Waals surface area contributed by atoms with Crippen LogP contribution < -0.4 is 0 Å². The summed E-state index contributed by atoms with van der Waals surface area (Å²) >= 11 is 0. The van der Waals surface area contributed by atoms with Crippen molar-refractivity contribution in [1.29, 1.82) is 0 Å². The Morgan fingerprint density at radius 2 is 0.450 bits per heavy atom. The van der Waals surface area contributed by atoms with Gasteiger partial charge in [-0.15, -0.1) is 0 Å². The first-order chi connectivity index (χ1) is 46.8. The first-order valence-electron chi connectivity index (χ1n) is 41.9. The average Bonchev–Trinajstić information content (AvgIpc) is 0.860.